The molecule has 0 spiro atoms. The number of benzene rings is 4. The first-order valence-corrected chi connectivity index (χ1v) is 18.2. The molecule has 0 nitrogen and oxygen atoms in total. The summed E-state index contributed by atoms with van der Waals surface area (Å²) < 4.78 is 0. The van der Waals surface area contributed by atoms with Gasteiger partial charge in [-0.2, -0.15) is 0 Å². The molecule has 0 unspecified atom stereocenters. The first kappa shape index (κ1) is 29.8. The van der Waals surface area contributed by atoms with E-state index in [-0.39, 0.29) is 0 Å². The molecule has 2 fully saturated rings. The van der Waals surface area contributed by atoms with Gasteiger partial charge in [-0.1, -0.05) is 116 Å². The lowest BCUT2D eigenvalue weighted by molar-refractivity contribution is 0.443. The van der Waals surface area contributed by atoms with Crippen LogP contribution in [0, 0.1) is 27.7 Å². The van der Waals surface area contributed by atoms with E-state index in [1.54, 1.807) is 19.4 Å². The molecule has 2 aliphatic rings. The Hall–Kier alpha value is -2.26. The number of hydrogen-bond donors (Lipinski definition) is 0. The average molecular weight is 589 g/mol. The first-order chi connectivity index (χ1) is 20.4. The van der Waals surface area contributed by atoms with Crippen molar-refractivity contribution < 1.29 is 0 Å². The molecule has 2 radical (unpaired) electrons. The van der Waals surface area contributed by atoms with Gasteiger partial charge in [0.2, 0.25) is 0 Å². The zero-order valence-corrected chi connectivity index (χ0v) is 27.8. The Labute approximate surface area is 258 Å². The monoisotopic (exact) mass is 588 g/mol. The zero-order chi connectivity index (χ0) is 29.1. The second-order valence-electron chi connectivity index (χ2n) is 13.0. The molecule has 2 saturated carbocycles. The van der Waals surface area contributed by atoms with Crippen molar-refractivity contribution in [2.24, 2.45) is 0 Å². The van der Waals surface area contributed by atoms with Crippen LogP contribution in [0.25, 0.3) is 22.3 Å². The minimum absolute atomic E-state index is 0.738. The first-order valence-electron chi connectivity index (χ1n) is 16.3. The van der Waals surface area contributed by atoms with Gasteiger partial charge in [0.05, 0.1) is 0 Å². The maximum absolute atomic E-state index is 2.66. The second-order valence-corrected chi connectivity index (χ2v) is 15.7. The van der Waals surface area contributed by atoms with Gasteiger partial charge in [0.15, 0.2) is 0 Å². The second kappa shape index (κ2) is 13.6. The SMILES string of the molecule is Cc1ccc([P]c2cc(-c3ccc(C)cc3)cc(C)c2-c2c(C)cc(C3CCCCC3)cc2[P]C2CCCCC2)cc1. The van der Waals surface area contributed by atoms with E-state index in [1.807, 2.05) is 0 Å². The van der Waals surface area contributed by atoms with Crippen molar-refractivity contribution in [2.45, 2.75) is 103 Å². The third-order valence-electron chi connectivity index (χ3n) is 9.54. The fourth-order valence-electron chi connectivity index (χ4n) is 7.15. The lowest BCUT2D eigenvalue weighted by Gasteiger charge is -2.28. The smallest absolute Gasteiger partial charge is 0.00589 e. The third-order valence-corrected chi connectivity index (χ3v) is 12.2. The molecule has 42 heavy (non-hydrogen) atoms. The molecule has 0 atom stereocenters. The van der Waals surface area contributed by atoms with Crippen LogP contribution in [0.4, 0.5) is 0 Å². The van der Waals surface area contributed by atoms with E-state index in [9.17, 15) is 0 Å². The van der Waals surface area contributed by atoms with Crippen molar-refractivity contribution in [1.29, 1.82) is 0 Å². The summed E-state index contributed by atoms with van der Waals surface area (Å²) in [7, 11) is 2.84. The summed E-state index contributed by atoms with van der Waals surface area (Å²) in [5, 5.41) is 4.39. The highest BCUT2D eigenvalue weighted by molar-refractivity contribution is 7.56. The van der Waals surface area contributed by atoms with E-state index in [2.05, 4.69) is 100 Å². The summed E-state index contributed by atoms with van der Waals surface area (Å²) in [6.45, 7) is 9.12. The van der Waals surface area contributed by atoms with Gasteiger partial charge in [0.1, 0.15) is 0 Å². The summed E-state index contributed by atoms with van der Waals surface area (Å²) in [5.41, 5.74) is 13.5. The Morgan fingerprint density at radius 1 is 0.524 bits per heavy atom. The summed E-state index contributed by atoms with van der Waals surface area (Å²) in [4.78, 5) is 0. The van der Waals surface area contributed by atoms with Crippen molar-refractivity contribution >= 4 is 33.1 Å². The van der Waals surface area contributed by atoms with Crippen LogP contribution in [0.15, 0.2) is 72.8 Å². The van der Waals surface area contributed by atoms with Crippen LogP contribution in [0.2, 0.25) is 0 Å². The van der Waals surface area contributed by atoms with Gasteiger partial charge in [-0.25, -0.2) is 0 Å². The van der Waals surface area contributed by atoms with Crippen molar-refractivity contribution in [2.75, 3.05) is 0 Å². The quantitative estimate of drug-likeness (QED) is 0.188. The molecule has 0 saturated heterocycles. The van der Waals surface area contributed by atoms with E-state index in [0.717, 1.165) is 11.6 Å². The molecular weight excluding hydrogens is 542 g/mol. The predicted molar refractivity (Wildman–Crippen MR) is 188 cm³/mol. The fourth-order valence-corrected chi connectivity index (χ4v) is 9.99. The molecule has 216 valence electrons. The van der Waals surface area contributed by atoms with Crippen LogP contribution in [0.3, 0.4) is 0 Å². The molecule has 0 aromatic heterocycles. The Balaban J connectivity index is 1.51. The molecule has 0 aliphatic heterocycles. The minimum atomic E-state index is 0.738. The highest BCUT2D eigenvalue weighted by atomic mass is 31.1. The number of rotatable bonds is 7. The summed E-state index contributed by atoms with van der Waals surface area (Å²) in [5.74, 6) is 0.738. The maximum atomic E-state index is 2.66. The fraction of sp³-hybridized carbons (Fsp3) is 0.400. The Morgan fingerprint density at radius 3 is 1.76 bits per heavy atom. The highest BCUT2D eigenvalue weighted by Gasteiger charge is 2.24. The summed E-state index contributed by atoms with van der Waals surface area (Å²) >= 11 is 0. The highest BCUT2D eigenvalue weighted by Crippen LogP contribution is 2.41. The lowest BCUT2D eigenvalue weighted by Crippen LogP contribution is -2.18. The summed E-state index contributed by atoms with van der Waals surface area (Å²) in [6.07, 6.45) is 13.9. The van der Waals surface area contributed by atoms with Crippen LogP contribution in [0.5, 0.6) is 0 Å². The minimum Gasteiger partial charge on any atom is -0.0587 e. The molecular formula is C40H46P2. The van der Waals surface area contributed by atoms with E-state index < -0.39 is 0 Å². The Morgan fingerprint density at radius 2 is 1.10 bits per heavy atom. The maximum Gasteiger partial charge on any atom is -0.00589 e. The van der Waals surface area contributed by atoms with E-state index in [0.29, 0.717) is 0 Å². The van der Waals surface area contributed by atoms with Crippen molar-refractivity contribution in [3.05, 3.63) is 101 Å². The van der Waals surface area contributed by atoms with Crippen molar-refractivity contribution in [3.63, 3.8) is 0 Å². The molecule has 0 heterocycles. The Kier molecular flexibility index (Phi) is 9.63. The molecule has 0 bridgehead atoms. The topological polar surface area (TPSA) is 0 Å². The van der Waals surface area contributed by atoms with Gasteiger partial charge in [0, 0.05) is 0 Å². The largest absolute Gasteiger partial charge is 0.0587 e. The lowest BCUT2D eigenvalue weighted by atomic mass is 9.82. The van der Waals surface area contributed by atoms with Crippen LogP contribution >= 0.6 is 17.2 Å². The summed E-state index contributed by atoms with van der Waals surface area (Å²) in [6, 6.07) is 28.4. The van der Waals surface area contributed by atoms with Crippen LogP contribution in [0.1, 0.15) is 97.9 Å². The average Bonchev–Trinajstić information content (AvgIpc) is 3.00. The Bertz CT molecular complexity index is 1500. The molecule has 4 aromatic rings. The third kappa shape index (κ3) is 6.93. The molecule has 0 amide bonds. The van der Waals surface area contributed by atoms with Gasteiger partial charge in [-0.05, 0) is 143 Å². The number of hydrogen-bond acceptors (Lipinski definition) is 0. The predicted octanol–water partition coefficient (Wildman–Crippen LogP) is 11.1. The van der Waals surface area contributed by atoms with Crippen molar-refractivity contribution in [3.8, 4) is 22.3 Å². The van der Waals surface area contributed by atoms with E-state index >= 15 is 0 Å². The molecule has 6 rings (SSSR count). The number of aryl methyl sites for hydroxylation is 4. The molecule has 4 aromatic carbocycles. The van der Waals surface area contributed by atoms with E-state index in [4.69, 9.17) is 0 Å². The van der Waals surface area contributed by atoms with Crippen LogP contribution in [-0.4, -0.2) is 5.66 Å². The normalized spacial score (nSPS) is 17.1. The van der Waals surface area contributed by atoms with Crippen LogP contribution in [-0.2, 0) is 0 Å². The van der Waals surface area contributed by atoms with Crippen LogP contribution < -0.4 is 15.9 Å². The zero-order valence-electron chi connectivity index (χ0n) is 26.0. The molecule has 2 heteroatoms. The standard InChI is InChI=1S/C40H46P2/c1-27-15-19-32(20-16-27)34-24-30(4)40(38(26-34)42-36-21-17-28(2)18-22-36)39-29(3)23-33(31-11-7-5-8-12-31)25-37(39)41-35-13-9-6-10-14-35/h15-26,31,35H,5-14H2,1-4H3. The van der Waals surface area contributed by atoms with E-state index in [1.165, 1.54) is 128 Å². The van der Waals surface area contributed by atoms with Gasteiger partial charge >= 0.3 is 0 Å². The molecule has 0 N–H and O–H groups in total. The molecule has 2 aliphatic carbocycles. The van der Waals surface area contributed by atoms with Gasteiger partial charge in [0.25, 0.3) is 0 Å². The van der Waals surface area contributed by atoms with Gasteiger partial charge < -0.3 is 0 Å². The van der Waals surface area contributed by atoms with Gasteiger partial charge in [-0.15, -0.1) is 0 Å². The van der Waals surface area contributed by atoms with Gasteiger partial charge in [-0.3, -0.25) is 0 Å². The van der Waals surface area contributed by atoms with Crippen molar-refractivity contribution in [1.82, 2.24) is 0 Å².